The van der Waals surface area contributed by atoms with Crippen LogP contribution in [0.25, 0.3) is 0 Å². The van der Waals surface area contributed by atoms with Crippen LogP contribution in [0, 0.1) is 12.8 Å². The van der Waals surface area contributed by atoms with Crippen molar-refractivity contribution in [2.75, 3.05) is 26.2 Å². The molecule has 1 saturated heterocycles. The predicted octanol–water partition coefficient (Wildman–Crippen LogP) is 4.33. The maximum Gasteiger partial charge on any atom is 0.119 e. The number of nitrogens with zero attached hydrogens (tertiary/aromatic N) is 1. The summed E-state index contributed by atoms with van der Waals surface area (Å²) in [6.07, 6.45) is 3.84. The molecular formula is C21H27NO. The van der Waals surface area contributed by atoms with Crippen molar-refractivity contribution < 1.29 is 4.74 Å². The van der Waals surface area contributed by atoms with E-state index in [0.29, 0.717) is 0 Å². The minimum atomic E-state index is 0.785. The number of ether oxygens (including phenoxy) is 1. The summed E-state index contributed by atoms with van der Waals surface area (Å²) in [4.78, 5) is 2.54. The number of piperidine rings is 1. The lowest BCUT2D eigenvalue weighted by atomic mass is 9.90. The highest BCUT2D eigenvalue weighted by Gasteiger charge is 2.19. The Balaban J connectivity index is 1.36. The zero-order valence-corrected chi connectivity index (χ0v) is 14.1. The van der Waals surface area contributed by atoms with Crippen LogP contribution in [0.3, 0.4) is 0 Å². The second kappa shape index (κ2) is 8.16. The Hall–Kier alpha value is -1.80. The smallest absolute Gasteiger partial charge is 0.119 e. The van der Waals surface area contributed by atoms with Crippen molar-refractivity contribution in [1.82, 2.24) is 4.90 Å². The van der Waals surface area contributed by atoms with Crippen molar-refractivity contribution in [3.8, 4) is 5.75 Å². The quantitative estimate of drug-likeness (QED) is 0.787. The van der Waals surface area contributed by atoms with E-state index in [1.165, 1.54) is 43.5 Å². The van der Waals surface area contributed by atoms with E-state index in [0.717, 1.165) is 24.8 Å². The fourth-order valence-electron chi connectivity index (χ4n) is 3.36. The van der Waals surface area contributed by atoms with Crippen molar-refractivity contribution in [3.05, 3.63) is 65.7 Å². The molecule has 2 aromatic carbocycles. The van der Waals surface area contributed by atoms with Crippen LogP contribution < -0.4 is 4.74 Å². The minimum Gasteiger partial charge on any atom is -0.492 e. The number of aryl methyl sites for hydroxylation is 1. The molecule has 1 fully saturated rings. The number of hydrogen-bond donors (Lipinski definition) is 0. The van der Waals surface area contributed by atoms with Crippen LogP contribution >= 0.6 is 0 Å². The Morgan fingerprint density at radius 2 is 1.78 bits per heavy atom. The highest BCUT2D eigenvalue weighted by molar-refractivity contribution is 5.27. The van der Waals surface area contributed by atoms with Crippen LogP contribution in [-0.2, 0) is 6.42 Å². The van der Waals surface area contributed by atoms with Gasteiger partial charge in [-0.3, -0.25) is 4.90 Å². The van der Waals surface area contributed by atoms with Gasteiger partial charge in [0, 0.05) is 6.54 Å². The minimum absolute atomic E-state index is 0.785. The number of benzene rings is 2. The number of likely N-dealkylation sites (tertiary alicyclic amines) is 1. The highest BCUT2D eigenvalue weighted by Crippen LogP contribution is 2.21. The second-order valence-electron chi connectivity index (χ2n) is 6.64. The van der Waals surface area contributed by atoms with Gasteiger partial charge < -0.3 is 4.74 Å². The van der Waals surface area contributed by atoms with Crippen LogP contribution in [0.2, 0.25) is 0 Å². The van der Waals surface area contributed by atoms with E-state index in [9.17, 15) is 0 Å². The van der Waals surface area contributed by atoms with Gasteiger partial charge in [0.1, 0.15) is 12.4 Å². The average molecular weight is 309 g/mol. The third-order valence-electron chi connectivity index (χ3n) is 4.74. The molecule has 1 aliphatic rings. The zero-order chi connectivity index (χ0) is 15.9. The van der Waals surface area contributed by atoms with E-state index in [-0.39, 0.29) is 0 Å². The highest BCUT2D eigenvalue weighted by atomic mass is 16.5. The molecule has 0 unspecified atom stereocenters. The Labute approximate surface area is 140 Å². The molecule has 0 amide bonds. The van der Waals surface area contributed by atoms with Crippen LogP contribution in [0.5, 0.6) is 5.75 Å². The summed E-state index contributed by atoms with van der Waals surface area (Å²) < 4.78 is 5.87. The molecule has 0 N–H and O–H groups in total. The standard InChI is InChI=1S/C21H27NO/c1-18-6-5-9-21(16-18)23-15-14-22-12-10-20(11-13-22)17-19-7-3-2-4-8-19/h2-9,16,20H,10-15,17H2,1H3. The first-order valence-corrected chi connectivity index (χ1v) is 8.75. The molecule has 0 aromatic heterocycles. The van der Waals surface area contributed by atoms with Crippen molar-refractivity contribution >= 4 is 0 Å². The summed E-state index contributed by atoms with van der Waals surface area (Å²) in [5, 5.41) is 0. The molecule has 1 aliphatic heterocycles. The molecule has 2 aromatic rings. The molecule has 3 rings (SSSR count). The van der Waals surface area contributed by atoms with E-state index in [4.69, 9.17) is 4.74 Å². The van der Waals surface area contributed by atoms with Crippen molar-refractivity contribution in [2.24, 2.45) is 5.92 Å². The fourth-order valence-corrected chi connectivity index (χ4v) is 3.36. The van der Waals surface area contributed by atoms with Crippen molar-refractivity contribution in [3.63, 3.8) is 0 Å². The van der Waals surface area contributed by atoms with Gasteiger partial charge >= 0.3 is 0 Å². The number of hydrogen-bond acceptors (Lipinski definition) is 2. The van der Waals surface area contributed by atoms with Gasteiger partial charge in [-0.05, 0) is 68.5 Å². The lowest BCUT2D eigenvalue weighted by Crippen LogP contribution is -2.37. The lowest BCUT2D eigenvalue weighted by Gasteiger charge is -2.31. The van der Waals surface area contributed by atoms with Gasteiger partial charge in [-0.25, -0.2) is 0 Å². The molecule has 0 radical (unpaired) electrons. The molecule has 0 bridgehead atoms. The summed E-state index contributed by atoms with van der Waals surface area (Å²) in [5.41, 5.74) is 2.73. The Kier molecular flexibility index (Phi) is 5.71. The molecule has 122 valence electrons. The molecule has 2 heteroatoms. The molecule has 23 heavy (non-hydrogen) atoms. The van der Waals surface area contributed by atoms with E-state index >= 15 is 0 Å². The Morgan fingerprint density at radius 1 is 1.00 bits per heavy atom. The van der Waals surface area contributed by atoms with Gasteiger partial charge in [-0.2, -0.15) is 0 Å². The van der Waals surface area contributed by atoms with Gasteiger partial charge in [0.25, 0.3) is 0 Å². The summed E-state index contributed by atoms with van der Waals surface area (Å²) in [6.45, 7) is 6.33. The van der Waals surface area contributed by atoms with Crippen LogP contribution in [-0.4, -0.2) is 31.1 Å². The predicted molar refractivity (Wildman–Crippen MR) is 96.0 cm³/mol. The summed E-state index contributed by atoms with van der Waals surface area (Å²) in [5.74, 6) is 1.83. The first-order valence-electron chi connectivity index (χ1n) is 8.75. The van der Waals surface area contributed by atoms with E-state index in [1.807, 2.05) is 6.07 Å². The SMILES string of the molecule is Cc1cccc(OCCN2CCC(Cc3ccccc3)CC2)c1. The average Bonchev–Trinajstić information content (AvgIpc) is 2.58. The van der Waals surface area contributed by atoms with Gasteiger partial charge in [0.05, 0.1) is 0 Å². The lowest BCUT2D eigenvalue weighted by molar-refractivity contribution is 0.155. The summed E-state index contributed by atoms with van der Waals surface area (Å²) in [6, 6.07) is 19.2. The molecule has 0 saturated carbocycles. The second-order valence-corrected chi connectivity index (χ2v) is 6.64. The molecular weight excluding hydrogens is 282 g/mol. The van der Waals surface area contributed by atoms with Gasteiger partial charge in [-0.1, -0.05) is 42.5 Å². The van der Waals surface area contributed by atoms with Crippen LogP contribution in [0.1, 0.15) is 24.0 Å². The van der Waals surface area contributed by atoms with Gasteiger partial charge in [-0.15, -0.1) is 0 Å². The molecule has 2 nitrogen and oxygen atoms in total. The van der Waals surface area contributed by atoms with Crippen molar-refractivity contribution in [2.45, 2.75) is 26.2 Å². The summed E-state index contributed by atoms with van der Waals surface area (Å²) >= 11 is 0. The fraction of sp³-hybridized carbons (Fsp3) is 0.429. The molecule has 0 atom stereocenters. The summed E-state index contributed by atoms with van der Waals surface area (Å²) in [7, 11) is 0. The van der Waals surface area contributed by atoms with E-state index < -0.39 is 0 Å². The van der Waals surface area contributed by atoms with Gasteiger partial charge in [0.15, 0.2) is 0 Å². The Bertz CT molecular complexity index is 588. The van der Waals surface area contributed by atoms with E-state index in [1.54, 1.807) is 0 Å². The maximum atomic E-state index is 5.87. The third kappa shape index (κ3) is 5.11. The van der Waals surface area contributed by atoms with Crippen molar-refractivity contribution in [1.29, 1.82) is 0 Å². The van der Waals surface area contributed by atoms with Crippen LogP contribution in [0.4, 0.5) is 0 Å². The van der Waals surface area contributed by atoms with E-state index in [2.05, 4.69) is 60.4 Å². The Morgan fingerprint density at radius 3 is 2.52 bits per heavy atom. The third-order valence-corrected chi connectivity index (χ3v) is 4.74. The van der Waals surface area contributed by atoms with Crippen LogP contribution in [0.15, 0.2) is 54.6 Å². The molecule has 1 heterocycles. The topological polar surface area (TPSA) is 12.5 Å². The van der Waals surface area contributed by atoms with Gasteiger partial charge in [0.2, 0.25) is 0 Å². The largest absolute Gasteiger partial charge is 0.492 e. The maximum absolute atomic E-state index is 5.87. The first kappa shape index (κ1) is 16.1. The normalized spacial score (nSPS) is 16.4. The number of rotatable bonds is 6. The molecule has 0 aliphatic carbocycles. The first-order chi connectivity index (χ1) is 11.3. The zero-order valence-electron chi connectivity index (χ0n) is 14.1. The monoisotopic (exact) mass is 309 g/mol. The molecule has 0 spiro atoms.